The highest BCUT2D eigenvalue weighted by atomic mass is 35.5. The van der Waals surface area contributed by atoms with Gasteiger partial charge in [0.25, 0.3) is 0 Å². The van der Waals surface area contributed by atoms with Gasteiger partial charge in [-0.25, -0.2) is 4.98 Å². The Bertz CT molecular complexity index is 718. The largest absolute Gasteiger partial charge is 0.417 e. The normalized spacial score (nSPS) is 13.0. The second-order valence-corrected chi connectivity index (χ2v) is 7.55. The summed E-state index contributed by atoms with van der Waals surface area (Å²) < 4.78 is 39.2. The number of hydrogen-bond donors (Lipinski definition) is 1. The van der Waals surface area contributed by atoms with Gasteiger partial charge in [0, 0.05) is 16.8 Å². The predicted molar refractivity (Wildman–Crippen MR) is 87.3 cm³/mol. The van der Waals surface area contributed by atoms with Crippen molar-refractivity contribution in [2.45, 2.75) is 29.6 Å². The zero-order valence-corrected chi connectivity index (χ0v) is 14.5. The molecular formula is C14H12ClF3N2OS2. The number of nitrogens with zero attached hydrogens (tertiary/aromatic N) is 1. The maximum absolute atomic E-state index is 12.8. The summed E-state index contributed by atoms with van der Waals surface area (Å²) >= 11 is 8.21. The van der Waals surface area contributed by atoms with Crippen LogP contribution in [0.5, 0.6) is 0 Å². The second kappa shape index (κ2) is 7.11. The molecule has 0 aliphatic carbocycles. The van der Waals surface area contributed by atoms with E-state index in [1.54, 1.807) is 6.92 Å². The van der Waals surface area contributed by atoms with E-state index in [4.69, 9.17) is 11.6 Å². The summed E-state index contributed by atoms with van der Waals surface area (Å²) in [5, 5.41) is 3.43. The van der Waals surface area contributed by atoms with Gasteiger partial charge in [-0.3, -0.25) is 4.79 Å². The molecule has 1 aromatic heterocycles. The van der Waals surface area contributed by atoms with Crippen LogP contribution in [0.4, 0.5) is 18.9 Å². The molecule has 1 atom stereocenters. The van der Waals surface area contributed by atoms with Crippen LogP contribution < -0.4 is 5.32 Å². The lowest BCUT2D eigenvalue weighted by Gasteiger charge is -2.13. The van der Waals surface area contributed by atoms with Crippen molar-refractivity contribution in [2.24, 2.45) is 0 Å². The Labute approximate surface area is 144 Å². The standard InChI is InChI=1S/C14H12ClF3N2OS2/c1-7-6-22-13(19-7)23-8(2)12(21)20-9-3-4-11(15)10(5-9)14(16,17)18/h3-6,8H,1-2H3,(H,20,21). The number of carbonyl (C=O) groups excluding carboxylic acids is 1. The van der Waals surface area contributed by atoms with Crippen LogP contribution in [0.1, 0.15) is 18.2 Å². The first-order valence-electron chi connectivity index (χ1n) is 6.43. The number of halogens is 4. The number of nitrogens with one attached hydrogen (secondary N) is 1. The molecule has 1 N–H and O–H groups in total. The Morgan fingerprint density at radius 1 is 1.43 bits per heavy atom. The summed E-state index contributed by atoms with van der Waals surface area (Å²) in [4.78, 5) is 16.3. The first-order valence-corrected chi connectivity index (χ1v) is 8.57. The number of thiazole rings is 1. The zero-order valence-electron chi connectivity index (χ0n) is 12.1. The smallest absolute Gasteiger partial charge is 0.325 e. The Morgan fingerprint density at radius 3 is 2.70 bits per heavy atom. The Balaban J connectivity index is 2.08. The molecule has 3 nitrogen and oxygen atoms in total. The molecule has 0 aliphatic rings. The molecule has 0 aliphatic heterocycles. The van der Waals surface area contributed by atoms with Crippen molar-refractivity contribution >= 4 is 46.3 Å². The van der Waals surface area contributed by atoms with E-state index in [9.17, 15) is 18.0 Å². The molecule has 23 heavy (non-hydrogen) atoms. The fourth-order valence-corrected chi connectivity index (χ4v) is 3.87. The van der Waals surface area contributed by atoms with Crippen LogP contribution >= 0.6 is 34.7 Å². The van der Waals surface area contributed by atoms with Crippen molar-refractivity contribution in [2.75, 3.05) is 5.32 Å². The molecule has 2 aromatic rings. The molecule has 0 radical (unpaired) electrons. The van der Waals surface area contributed by atoms with Crippen molar-refractivity contribution in [3.63, 3.8) is 0 Å². The van der Waals surface area contributed by atoms with Gasteiger partial charge in [-0.2, -0.15) is 13.2 Å². The topological polar surface area (TPSA) is 42.0 Å². The summed E-state index contributed by atoms with van der Waals surface area (Å²) in [6.07, 6.45) is -4.57. The first-order chi connectivity index (χ1) is 10.7. The minimum absolute atomic E-state index is 0.0505. The molecule has 124 valence electrons. The van der Waals surface area contributed by atoms with E-state index >= 15 is 0 Å². The van der Waals surface area contributed by atoms with Gasteiger partial charge in [0.15, 0.2) is 4.34 Å². The molecule has 1 aromatic carbocycles. The van der Waals surface area contributed by atoms with Crippen LogP contribution in [0.15, 0.2) is 27.9 Å². The van der Waals surface area contributed by atoms with Crippen molar-refractivity contribution < 1.29 is 18.0 Å². The van der Waals surface area contributed by atoms with Crippen LogP contribution in [0.2, 0.25) is 5.02 Å². The van der Waals surface area contributed by atoms with Crippen molar-refractivity contribution in [1.82, 2.24) is 4.98 Å². The average Bonchev–Trinajstić information content (AvgIpc) is 2.85. The molecule has 0 saturated carbocycles. The number of aryl methyl sites for hydroxylation is 1. The van der Waals surface area contributed by atoms with Crippen molar-refractivity contribution in [3.8, 4) is 0 Å². The van der Waals surface area contributed by atoms with Gasteiger partial charge in [-0.05, 0) is 32.0 Å². The highest BCUT2D eigenvalue weighted by molar-refractivity contribution is 8.02. The maximum Gasteiger partial charge on any atom is 0.417 e. The summed E-state index contributed by atoms with van der Waals surface area (Å²) in [7, 11) is 0. The summed E-state index contributed by atoms with van der Waals surface area (Å²) in [5.41, 5.74) is -0.0695. The molecule has 1 unspecified atom stereocenters. The van der Waals surface area contributed by atoms with Crippen molar-refractivity contribution in [3.05, 3.63) is 39.9 Å². The van der Waals surface area contributed by atoms with Gasteiger partial charge >= 0.3 is 6.18 Å². The third-order valence-corrected chi connectivity index (χ3v) is 5.30. The van der Waals surface area contributed by atoms with Gasteiger partial charge in [0.05, 0.1) is 15.8 Å². The van der Waals surface area contributed by atoms with Crippen LogP contribution in [0, 0.1) is 6.92 Å². The molecule has 2 rings (SSSR count). The number of thioether (sulfide) groups is 1. The highest BCUT2D eigenvalue weighted by Crippen LogP contribution is 2.36. The maximum atomic E-state index is 12.8. The summed E-state index contributed by atoms with van der Waals surface area (Å²) in [6, 6.07) is 3.27. The lowest BCUT2D eigenvalue weighted by atomic mass is 10.2. The minimum Gasteiger partial charge on any atom is -0.325 e. The highest BCUT2D eigenvalue weighted by Gasteiger charge is 2.33. The van der Waals surface area contributed by atoms with Crippen LogP contribution in [-0.2, 0) is 11.0 Å². The molecule has 0 bridgehead atoms. The van der Waals surface area contributed by atoms with E-state index in [1.807, 2.05) is 12.3 Å². The number of anilines is 1. The molecule has 1 heterocycles. The van der Waals surface area contributed by atoms with E-state index in [2.05, 4.69) is 10.3 Å². The summed E-state index contributed by atoms with van der Waals surface area (Å²) in [5.74, 6) is -0.404. The lowest BCUT2D eigenvalue weighted by molar-refractivity contribution is -0.137. The predicted octanol–water partition coefficient (Wildman–Crippen LogP) is 5.24. The van der Waals surface area contributed by atoms with E-state index in [0.717, 1.165) is 22.2 Å². The van der Waals surface area contributed by atoms with Crippen LogP contribution in [-0.4, -0.2) is 16.1 Å². The zero-order chi connectivity index (χ0) is 17.2. The second-order valence-electron chi connectivity index (χ2n) is 4.70. The van der Waals surface area contributed by atoms with E-state index in [-0.39, 0.29) is 5.69 Å². The van der Waals surface area contributed by atoms with Crippen LogP contribution in [0.3, 0.4) is 0 Å². The fraction of sp³-hybridized carbons (Fsp3) is 0.286. The fourth-order valence-electron chi connectivity index (χ4n) is 1.66. The average molecular weight is 381 g/mol. The molecule has 0 fully saturated rings. The number of amides is 1. The van der Waals surface area contributed by atoms with Crippen LogP contribution in [0.25, 0.3) is 0 Å². The van der Waals surface area contributed by atoms with Gasteiger partial charge in [-0.1, -0.05) is 23.4 Å². The van der Waals surface area contributed by atoms with Gasteiger partial charge in [0.2, 0.25) is 5.91 Å². The molecule has 1 amide bonds. The van der Waals surface area contributed by atoms with Gasteiger partial charge in [0.1, 0.15) is 0 Å². The number of benzene rings is 1. The van der Waals surface area contributed by atoms with Gasteiger partial charge in [-0.15, -0.1) is 11.3 Å². The molecular weight excluding hydrogens is 369 g/mol. The molecule has 9 heteroatoms. The monoisotopic (exact) mass is 380 g/mol. The minimum atomic E-state index is -4.57. The molecule has 0 saturated heterocycles. The number of rotatable bonds is 4. The summed E-state index contributed by atoms with van der Waals surface area (Å²) in [6.45, 7) is 3.51. The van der Waals surface area contributed by atoms with Crippen molar-refractivity contribution in [1.29, 1.82) is 0 Å². The number of carbonyl (C=O) groups is 1. The Morgan fingerprint density at radius 2 is 2.13 bits per heavy atom. The van der Waals surface area contributed by atoms with E-state index in [0.29, 0.717) is 0 Å². The third kappa shape index (κ3) is 4.86. The quantitative estimate of drug-likeness (QED) is 0.737. The van der Waals surface area contributed by atoms with E-state index < -0.39 is 27.9 Å². The molecule has 0 spiro atoms. The SMILES string of the molecule is Cc1csc(SC(C)C(=O)Nc2ccc(Cl)c(C(F)(F)F)c2)n1. The first kappa shape index (κ1) is 18.1. The Kier molecular flexibility index (Phi) is 5.59. The third-order valence-electron chi connectivity index (χ3n) is 2.78. The number of hydrogen-bond acceptors (Lipinski definition) is 4. The Hall–Kier alpha value is -1.25. The number of aromatic nitrogens is 1. The van der Waals surface area contributed by atoms with Gasteiger partial charge < -0.3 is 5.32 Å². The number of alkyl halides is 3. The van der Waals surface area contributed by atoms with E-state index in [1.165, 1.54) is 29.2 Å². The lowest BCUT2D eigenvalue weighted by Crippen LogP contribution is -2.22.